The van der Waals surface area contributed by atoms with Crippen LogP contribution in [0.25, 0.3) is 5.65 Å². The van der Waals surface area contributed by atoms with Gasteiger partial charge in [-0.25, -0.2) is 0 Å². The molecule has 2 aromatic rings. The molecule has 2 fully saturated rings. The number of amides is 1. The molecular formula is C19H28N6O2. The van der Waals surface area contributed by atoms with Gasteiger partial charge in [0.15, 0.2) is 11.5 Å². The Hall–Kier alpha value is -2.22. The first-order chi connectivity index (χ1) is 13.2. The Morgan fingerprint density at radius 2 is 2.11 bits per heavy atom. The SMILES string of the molecule is CC1CCN(c2ccc3nnc(CCC(=O)NCC4CCCO4)n3n2)CC1. The summed E-state index contributed by atoms with van der Waals surface area (Å²) in [6, 6.07) is 3.96. The van der Waals surface area contributed by atoms with Gasteiger partial charge in [-0.05, 0) is 43.7 Å². The van der Waals surface area contributed by atoms with Crippen LogP contribution in [0.5, 0.6) is 0 Å². The summed E-state index contributed by atoms with van der Waals surface area (Å²) in [6.07, 6.45) is 5.55. The van der Waals surface area contributed by atoms with E-state index in [0.29, 0.717) is 19.4 Å². The number of aryl methyl sites for hydroxylation is 1. The third-order valence-corrected chi connectivity index (χ3v) is 5.55. The number of hydrogen-bond donors (Lipinski definition) is 1. The quantitative estimate of drug-likeness (QED) is 0.829. The molecule has 0 bridgehead atoms. The zero-order chi connectivity index (χ0) is 18.6. The molecule has 8 heteroatoms. The molecule has 2 saturated heterocycles. The molecule has 0 aliphatic carbocycles. The predicted octanol–water partition coefficient (Wildman–Crippen LogP) is 1.59. The molecule has 2 aliphatic heterocycles. The van der Waals surface area contributed by atoms with Gasteiger partial charge >= 0.3 is 0 Å². The van der Waals surface area contributed by atoms with E-state index in [9.17, 15) is 4.79 Å². The summed E-state index contributed by atoms with van der Waals surface area (Å²) < 4.78 is 7.31. The van der Waals surface area contributed by atoms with E-state index in [2.05, 4.69) is 27.3 Å². The normalized spacial score (nSPS) is 21.1. The van der Waals surface area contributed by atoms with E-state index in [4.69, 9.17) is 9.84 Å². The van der Waals surface area contributed by atoms with Crippen molar-refractivity contribution in [2.24, 2.45) is 5.92 Å². The molecule has 1 unspecified atom stereocenters. The standard InChI is InChI=1S/C19H28N6O2/c1-14-8-10-24(11-9-14)18-5-4-16-21-22-17(25(16)23-18)6-7-19(26)20-13-15-3-2-12-27-15/h4-5,14-15H,2-3,6-13H2,1H3,(H,20,26). The van der Waals surface area contributed by atoms with Crippen LogP contribution in [0.4, 0.5) is 5.82 Å². The Morgan fingerprint density at radius 3 is 2.89 bits per heavy atom. The molecular weight excluding hydrogens is 344 g/mol. The van der Waals surface area contributed by atoms with Crippen molar-refractivity contribution in [1.82, 2.24) is 25.1 Å². The Labute approximate surface area is 159 Å². The molecule has 27 heavy (non-hydrogen) atoms. The first-order valence-corrected chi connectivity index (χ1v) is 10.0. The number of aromatic nitrogens is 4. The molecule has 0 saturated carbocycles. The van der Waals surface area contributed by atoms with Crippen molar-refractivity contribution in [3.63, 3.8) is 0 Å². The fourth-order valence-electron chi connectivity index (χ4n) is 3.73. The average molecular weight is 372 g/mol. The van der Waals surface area contributed by atoms with Crippen molar-refractivity contribution in [3.05, 3.63) is 18.0 Å². The van der Waals surface area contributed by atoms with Crippen molar-refractivity contribution >= 4 is 17.4 Å². The van der Waals surface area contributed by atoms with E-state index in [-0.39, 0.29) is 12.0 Å². The van der Waals surface area contributed by atoms with Crippen LogP contribution in [-0.4, -0.2) is 58.1 Å². The molecule has 146 valence electrons. The summed E-state index contributed by atoms with van der Waals surface area (Å²) >= 11 is 0. The first-order valence-electron chi connectivity index (χ1n) is 10.0. The van der Waals surface area contributed by atoms with Crippen molar-refractivity contribution in [1.29, 1.82) is 0 Å². The lowest BCUT2D eigenvalue weighted by molar-refractivity contribution is -0.121. The van der Waals surface area contributed by atoms with E-state index < -0.39 is 0 Å². The lowest BCUT2D eigenvalue weighted by atomic mass is 9.99. The second-order valence-corrected chi connectivity index (χ2v) is 7.69. The highest BCUT2D eigenvalue weighted by atomic mass is 16.5. The summed E-state index contributed by atoms with van der Waals surface area (Å²) in [5.41, 5.74) is 0.721. The Morgan fingerprint density at radius 1 is 1.26 bits per heavy atom. The minimum atomic E-state index is 0.0171. The average Bonchev–Trinajstić information content (AvgIpc) is 3.34. The minimum Gasteiger partial charge on any atom is -0.376 e. The van der Waals surface area contributed by atoms with Gasteiger partial charge in [0.05, 0.1) is 6.10 Å². The number of ether oxygens (including phenoxy) is 1. The number of anilines is 1. The van der Waals surface area contributed by atoms with E-state index >= 15 is 0 Å². The number of carbonyl (C=O) groups is 1. The zero-order valence-electron chi connectivity index (χ0n) is 15.9. The maximum Gasteiger partial charge on any atom is 0.220 e. The topological polar surface area (TPSA) is 84.7 Å². The zero-order valence-corrected chi connectivity index (χ0v) is 15.9. The highest BCUT2D eigenvalue weighted by Gasteiger charge is 2.19. The fraction of sp³-hybridized carbons (Fsp3) is 0.684. The van der Waals surface area contributed by atoms with Crippen LogP contribution in [0.1, 0.15) is 44.9 Å². The van der Waals surface area contributed by atoms with Crippen LogP contribution in [0.2, 0.25) is 0 Å². The molecule has 2 aromatic heterocycles. The van der Waals surface area contributed by atoms with Gasteiger partial charge in [0.25, 0.3) is 0 Å². The lowest BCUT2D eigenvalue weighted by Crippen LogP contribution is -2.33. The molecule has 0 radical (unpaired) electrons. The number of hydrogen-bond acceptors (Lipinski definition) is 6. The summed E-state index contributed by atoms with van der Waals surface area (Å²) in [5.74, 6) is 2.48. The van der Waals surface area contributed by atoms with Gasteiger partial charge in [-0.15, -0.1) is 15.3 Å². The number of rotatable bonds is 6. The van der Waals surface area contributed by atoms with E-state index in [1.54, 1.807) is 4.52 Å². The van der Waals surface area contributed by atoms with Gasteiger partial charge in [0.1, 0.15) is 5.82 Å². The van der Waals surface area contributed by atoms with Crippen LogP contribution in [0, 0.1) is 5.92 Å². The van der Waals surface area contributed by atoms with Crippen LogP contribution in [0.3, 0.4) is 0 Å². The molecule has 4 heterocycles. The molecule has 2 aliphatic rings. The highest BCUT2D eigenvalue weighted by Crippen LogP contribution is 2.21. The fourth-order valence-corrected chi connectivity index (χ4v) is 3.73. The maximum absolute atomic E-state index is 12.1. The van der Waals surface area contributed by atoms with Crippen molar-refractivity contribution in [2.45, 2.75) is 51.6 Å². The van der Waals surface area contributed by atoms with Crippen LogP contribution < -0.4 is 10.2 Å². The maximum atomic E-state index is 12.1. The largest absolute Gasteiger partial charge is 0.376 e. The van der Waals surface area contributed by atoms with Gasteiger partial charge in [0.2, 0.25) is 5.91 Å². The number of nitrogens with one attached hydrogen (secondary N) is 1. The Balaban J connectivity index is 1.36. The van der Waals surface area contributed by atoms with Crippen LogP contribution in [0.15, 0.2) is 12.1 Å². The van der Waals surface area contributed by atoms with Gasteiger partial charge < -0.3 is 15.0 Å². The molecule has 1 atom stereocenters. The van der Waals surface area contributed by atoms with E-state index in [0.717, 1.165) is 55.7 Å². The lowest BCUT2D eigenvalue weighted by Gasteiger charge is -2.30. The Bertz CT molecular complexity index is 778. The van der Waals surface area contributed by atoms with Gasteiger partial charge in [-0.1, -0.05) is 6.92 Å². The van der Waals surface area contributed by atoms with E-state index in [1.807, 2.05) is 12.1 Å². The highest BCUT2D eigenvalue weighted by molar-refractivity contribution is 5.76. The number of nitrogens with zero attached hydrogens (tertiary/aromatic N) is 5. The molecule has 1 amide bonds. The smallest absolute Gasteiger partial charge is 0.220 e. The van der Waals surface area contributed by atoms with E-state index in [1.165, 1.54) is 12.8 Å². The van der Waals surface area contributed by atoms with Gasteiger partial charge in [0, 0.05) is 39.1 Å². The number of fused-ring (bicyclic) bond motifs is 1. The second-order valence-electron chi connectivity index (χ2n) is 7.69. The first kappa shape index (κ1) is 18.2. The summed E-state index contributed by atoms with van der Waals surface area (Å²) in [6.45, 7) is 5.76. The number of piperidine rings is 1. The van der Waals surface area contributed by atoms with Gasteiger partial charge in [-0.3, -0.25) is 4.79 Å². The summed E-state index contributed by atoms with van der Waals surface area (Å²) in [7, 11) is 0. The molecule has 4 rings (SSSR count). The monoisotopic (exact) mass is 372 g/mol. The van der Waals surface area contributed by atoms with Crippen molar-refractivity contribution < 1.29 is 9.53 Å². The van der Waals surface area contributed by atoms with Crippen molar-refractivity contribution in [3.8, 4) is 0 Å². The molecule has 0 aromatic carbocycles. The minimum absolute atomic E-state index is 0.0171. The molecule has 0 spiro atoms. The summed E-state index contributed by atoms with van der Waals surface area (Å²) in [4.78, 5) is 14.4. The van der Waals surface area contributed by atoms with Crippen molar-refractivity contribution in [2.75, 3.05) is 31.1 Å². The third kappa shape index (κ3) is 4.37. The number of carbonyl (C=O) groups excluding carboxylic acids is 1. The molecule has 8 nitrogen and oxygen atoms in total. The van der Waals surface area contributed by atoms with Gasteiger partial charge in [-0.2, -0.15) is 4.52 Å². The Kier molecular flexibility index (Phi) is 5.52. The third-order valence-electron chi connectivity index (χ3n) is 5.55. The molecule has 1 N–H and O–H groups in total. The van der Waals surface area contributed by atoms with Crippen LogP contribution >= 0.6 is 0 Å². The summed E-state index contributed by atoms with van der Waals surface area (Å²) in [5, 5.41) is 16.1. The van der Waals surface area contributed by atoms with Crippen LogP contribution in [-0.2, 0) is 16.0 Å². The predicted molar refractivity (Wildman–Crippen MR) is 102 cm³/mol. The second kappa shape index (κ2) is 8.21.